The van der Waals surface area contributed by atoms with Crippen molar-refractivity contribution in [2.75, 3.05) is 34.9 Å². The topological polar surface area (TPSA) is 108 Å². The van der Waals surface area contributed by atoms with Crippen LogP contribution in [-0.4, -0.2) is 59.0 Å². The lowest BCUT2D eigenvalue weighted by molar-refractivity contribution is -0.119. The van der Waals surface area contributed by atoms with E-state index in [1.807, 2.05) is 23.6 Å². The Morgan fingerprint density at radius 1 is 1.12 bits per heavy atom. The van der Waals surface area contributed by atoms with E-state index in [1.54, 1.807) is 18.2 Å². The molecule has 8 nitrogen and oxygen atoms in total. The van der Waals surface area contributed by atoms with Crippen molar-refractivity contribution in [2.24, 2.45) is 10.8 Å². The quantitative estimate of drug-likeness (QED) is 0.699. The van der Waals surface area contributed by atoms with E-state index in [2.05, 4.69) is 10.4 Å². The van der Waals surface area contributed by atoms with Gasteiger partial charge in [-0.2, -0.15) is 16.9 Å². The van der Waals surface area contributed by atoms with Gasteiger partial charge < -0.3 is 16.0 Å². The Morgan fingerprint density at radius 2 is 1.82 bits per heavy atom. The Balaban J connectivity index is 1.49. The molecule has 3 N–H and O–H groups in total. The molecule has 4 rings (SSSR count). The average Bonchev–Trinajstić information content (AvgIpc) is 3.27. The SMILES string of the molecule is Cc1cc(C(=O)N2CCSCC2)ccc1NC(=O)C1=NN(c2ccc(F)cc2)C(C(N)=O)C1. The van der Waals surface area contributed by atoms with Crippen molar-refractivity contribution < 1.29 is 18.8 Å². The number of anilines is 2. The highest BCUT2D eigenvalue weighted by atomic mass is 32.2. The van der Waals surface area contributed by atoms with Crippen molar-refractivity contribution in [3.05, 3.63) is 59.4 Å². The molecule has 0 radical (unpaired) electrons. The van der Waals surface area contributed by atoms with Gasteiger partial charge in [-0.3, -0.25) is 19.4 Å². The fourth-order valence-electron chi connectivity index (χ4n) is 3.78. The fraction of sp³-hybridized carbons (Fsp3) is 0.304. The van der Waals surface area contributed by atoms with Crippen molar-refractivity contribution in [3.8, 4) is 0 Å². The van der Waals surface area contributed by atoms with Crippen LogP contribution in [0.3, 0.4) is 0 Å². The lowest BCUT2D eigenvalue weighted by Gasteiger charge is -2.26. The van der Waals surface area contributed by atoms with Gasteiger partial charge in [0.15, 0.2) is 0 Å². The third-order valence-electron chi connectivity index (χ3n) is 5.61. The molecule has 3 amide bonds. The molecule has 0 spiro atoms. The first-order valence-corrected chi connectivity index (χ1v) is 11.7. The number of nitrogens with zero attached hydrogens (tertiary/aromatic N) is 3. The van der Waals surface area contributed by atoms with Crippen LogP contribution in [0.25, 0.3) is 0 Å². The van der Waals surface area contributed by atoms with Crippen LogP contribution in [0.15, 0.2) is 47.6 Å². The zero-order valence-electron chi connectivity index (χ0n) is 18.1. The normalized spacial score (nSPS) is 18.1. The summed E-state index contributed by atoms with van der Waals surface area (Å²) in [6, 6.07) is 9.73. The Hall–Kier alpha value is -3.40. The molecule has 1 fully saturated rings. The Bertz CT molecular complexity index is 1120. The van der Waals surface area contributed by atoms with E-state index in [-0.39, 0.29) is 18.0 Å². The number of aryl methyl sites for hydroxylation is 1. The van der Waals surface area contributed by atoms with E-state index in [0.717, 1.165) is 30.2 Å². The molecule has 0 bridgehead atoms. The first kappa shape index (κ1) is 22.8. The number of nitrogens with one attached hydrogen (secondary N) is 1. The standard InChI is InChI=1S/C23H24FN5O3S/c1-14-12-15(23(32)28-8-10-33-11-9-28)2-7-18(14)26-22(31)19-13-20(21(25)30)29(27-19)17-5-3-16(24)4-6-17/h2-7,12,20H,8-11,13H2,1H3,(H2,25,30)(H,26,31). The van der Waals surface area contributed by atoms with Crippen molar-refractivity contribution in [1.29, 1.82) is 0 Å². The summed E-state index contributed by atoms with van der Waals surface area (Å²) in [6.07, 6.45) is 0.0289. The number of hydrazone groups is 1. The minimum atomic E-state index is -0.847. The van der Waals surface area contributed by atoms with Crippen LogP contribution in [0.1, 0.15) is 22.3 Å². The summed E-state index contributed by atoms with van der Waals surface area (Å²) in [7, 11) is 0. The number of nitrogens with two attached hydrogens (primary N) is 1. The molecule has 2 aromatic carbocycles. The molecule has 2 heterocycles. The molecule has 10 heteroatoms. The van der Waals surface area contributed by atoms with Gasteiger partial charge in [-0.25, -0.2) is 4.39 Å². The largest absolute Gasteiger partial charge is 0.368 e. The van der Waals surface area contributed by atoms with Crippen molar-refractivity contribution in [1.82, 2.24) is 4.90 Å². The zero-order chi connectivity index (χ0) is 23.5. The summed E-state index contributed by atoms with van der Waals surface area (Å²) >= 11 is 1.84. The lowest BCUT2D eigenvalue weighted by Crippen LogP contribution is -2.39. The van der Waals surface area contributed by atoms with Crippen LogP contribution in [0.4, 0.5) is 15.8 Å². The summed E-state index contributed by atoms with van der Waals surface area (Å²) in [5, 5.41) is 8.41. The Morgan fingerprint density at radius 3 is 2.45 bits per heavy atom. The van der Waals surface area contributed by atoms with Gasteiger partial charge in [0.2, 0.25) is 5.91 Å². The van der Waals surface area contributed by atoms with Crippen molar-refractivity contribution in [3.63, 3.8) is 0 Å². The summed E-state index contributed by atoms with van der Waals surface area (Å²) in [5.41, 5.74) is 7.95. The van der Waals surface area contributed by atoms with Gasteiger partial charge >= 0.3 is 0 Å². The second-order valence-electron chi connectivity index (χ2n) is 7.88. The number of hydrogen-bond acceptors (Lipinski definition) is 6. The molecule has 1 unspecified atom stereocenters. The molecule has 2 aliphatic rings. The van der Waals surface area contributed by atoms with Crippen molar-refractivity contribution in [2.45, 2.75) is 19.4 Å². The number of halogens is 1. The first-order valence-electron chi connectivity index (χ1n) is 10.5. The Labute approximate surface area is 195 Å². The molecular weight excluding hydrogens is 445 g/mol. The number of thioether (sulfide) groups is 1. The number of benzene rings is 2. The number of amides is 3. The third kappa shape index (κ3) is 5.00. The molecular formula is C23H24FN5O3S. The van der Waals surface area contributed by atoms with Crippen molar-refractivity contribution >= 4 is 46.6 Å². The fourth-order valence-corrected chi connectivity index (χ4v) is 4.68. The van der Waals surface area contributed by atoms with Gasteiger partial charge in [-0.15, -0.1) is 0 Å². The van der Waals surface area contributed by atoms with Gasteiger partial charge in [0, 0.05) is 42.3 Å². The van der Waals surface area contributed by atoms with E-state index >= 15 is 0 Å². The Kier molecular flexibility index (Phi) is 6.64. The highest BCUT2D eigenvalue weighted by molar-refractivity contribution is 7.99. The summed E-state index contributed by atoms with van der Waals surface area (Å²) in [6.45, 7) is 3.27. The van der Waals surface area contributed by atoms with E-state index in [0.29, 0.717) is 16.9 Å². The third-order valence-corrected chi connectivity index (χ3v) is 6.55. The molecule has 0 aromatic heterocycles. The van der Waals surface area contributed by atoms with Gasteiger partial charge in [-0.05, 0) is 55.0 Å². The average molecular weight is 470 g/mol. The van der Waals surface area contributed by atoms with Crippen LogP contribution in [0, 0.1) is 12.7 Å². The second-order valence-corrected chi connectivity index (χ2v) is 9.10. The predicted molar refractivity (Wildman–Crippen MR) is 127 cm³/mol. The lowest BCUT2D eigenvalue weighted by atomic mass is 10.1. The highest BCUT2D eigenvalue weighted by Gasteiger charge is 2.35. The molecule has 0 aliphatic carbocycles. The number of carbonyl (C=O) groups excluding carboxylic acids is 3. The molecule has 0 saturated carbocycles. The molecule has 1 atom stereocenters. The van der Waals surface area contributed by atoms with Crippen LogP contribution in [-0.2, 0) is 9.59 Å². The predicted octanol–water partition coefficient (Wildman–Crippen LogP) is 2.38. The van der Waals surface area contributed by atoms with Crippen LogP contribution in [0.2, 0.25) is 0 Å². The van der Waals surface area contributed by atoms with Crippen LogP contribution in [0.5, 0.6) is 0 Å². The second kappa shape index (κ2) is 9.62. The maximum absolute atomic E-state index is 13.3. The van der Waals surface area contributed by atoms with Gasteiger partial charge in [0.05, 0.1) is 5.69 Å². The summed E-state index contributed by atoms with van der Waals surface area (Å²) in [4.78, 5) is 39.4. The number of rotatable bonds is 5. The number of carbonyl (C=O) groups is 3. The molecule has 172 valence electrons. The maximum Gasteiger partial charge on any atom is 0.271 e. The minimum Gasteiger partial charge on any atom is -0.368 e. The van der Waals surface area contributed by atoms with E-state index in [1.165, 1.54) is 29.3 Å². The monoisotopic (exact) mass is 469 g/mol. The van der Waals surface area contributed by atoms with E-state index < -0.39 is 23.7 Å². The number of hydrogen-bond donors (Lipinski definition) is 2. The zero-order valence-corrected chi connectivity index (χ0v) is 18.9. The molecule has 2 aliphatic heterocycles. The molecule has 1 saturated heterocycles. The smallest absolute Gasteiger partial charge is 0.271 e. The first-order chi connectivity index (χ1) is 15.8. The van der Waals surface area contributed by atoms with Gasteiger partial charge in [0.25, 0.3) is 11.8 Å². The highest BCUT2D eigenvalue weighted by Crippen LogP contribution is 2.26. The van der Waals surface area contributed by atoms with Crippen LogP contribution < -0.4 is 16.1 Å². The van der Waals surface area contributed by atoms with Gasteiger partial charge in [-0.1, -0.05) is 0 Å². The van der Waals surface area contributed by atoms with E-state index in [4.69, 9.17) is 5.73 Å². The summed E-state index contributed by atoms with van der Waals surface area (Å²) < 4.78 is 13.3. The number of primary amides is 1. The van der Waals surface area contributed by atoms with E-state index in [9.17, 15) is 18.8 Å². The van der Waals surface area contributed by atoms with Crippen LogP contribution >= 0.6 is 11.8 Å². The maximum atomic E-state index is 13.3. The molecule has 2 aromatic rings. The molecule has 33 heavy (non-hydrogen) atoms. The van der Waals surface area contributed by atoms with Gasteiger partial charge in [0.1, 0.15) is 17.6 Å². The summed E-state index contributed by atoms with van der Waals surface area (Å²) in [5.74, 6) is 0.314. The minimum absolute atomic E-state index is 0.0179.